The van der Waals surface area contributed by atoms with Gasteiger partial charge in [-0.1, -0.05) is 28.1 Å². The van der Waals surface area contributed by atoms with Crippen LogP contribution in [0.15, 0.2) is 46.4 Å². The van der Waals surface area contributed by atoms with Crippen molar-refractivity contribution < 1.29 is 24.2 Å². The summed E-state index contributed by atoms with van der Waals surface area (Å²) in [5, 5.41) is 12.4. The summed E-state index contributed by atoms with van der Waals surface area (Å²) in [6, 6.07) is 9.02. The molecule has 1 saturated heterocycles. The van der Waals surface area contributed by atoms with E-state index in [4.69, 9.17) is 4.74 Å². The Morgan fingerprint density at radius 3 is 2.59 bits per heavy atom. The Balaban J connectivity index is 2.09. The highest BCUT2D eigenvalue weighted by Gasteiger charge is 2.37. The molecule has 2 aromatic rings. The number of phenols is 1. The van der Waals surface area contributed by atoms with E-state index in [1.165, 1.54) is 19.3 Å². The molecule has 7 nitrogen and oxygen atoms in total. The minimum atomic E-state index is -0.841. The SMILES string of the molecule is COc1cc(Br)cc(/C=C2/C(=O)NC(=O)N(c3cccc(C)c3)C2=O)c1O. The number of halogens is 1. The number of phenolic OH excluding ortho intramolecular Hbond substituents is 1. The molecule has 0 atom stereocenters. The predicted octanol–water partition coefficient (Wildman–Crippen LogP) is 3.14. The molecule has 1 heterocycles. The van der Waals surface area contributed by atoms with Crippen LogP contribution in [-0.4, -0.2) is 30.1 Å². The number of amides is 4. The van der Waals surface area contributed by atoms with Crippen molar-refractivity contribution in [1.82, 2.24) is 5.32 Å². The first-order valence-electron chi connectivity index (χ1n) is 7.86. The highest BCUT2D eigenvalue weighted by Crippen LogP contribution is 2.35. The van der Waals surface area contributed by atoms with E-state index in [1.54, 1.807) is 24.3 Å². The Kier molecular flexibility index (Phi) is 5.00. The van der Waals surface area contributed by atoms with Crippen LogP contribution in [0.25, 0.3) is 6.08 Å². The average Bonchev–Trinajstić information content (AvgIpc) is 2.61. The standard InChI is InChI=1S/C19H15BrN2O5/c1-10-4-3-5-13(6-10)22-18(25)14(17(24)21-19(22)26)8-11-7-12(20)9-15(27-2)16(11)23/h3-9,23H,1-2H3,(H,21,24,26)/b14-8-. The minimum Gasteiger partial charge on any atom is -0.504 e. The first-order chi connectivity index (χ1) is 12.8. The van der Waals surface area contributed by atoms with Crippen molar-refractivity contribution in [1.29, 1.82) is 0 Å². The van der Waals surface area contributed by atoms with Crippen LogP contribution < -0.4 is 15.0 Å². The van der Waals surface area contributed by atoms with Gasteiger partial charge in [0.1, 0.15) is 5.57 Å². The van der Waals surface area contributed by atoms with E-state index < -0.39 is 17.8 Å². The molecule has 0 aliphatic carbocycles. The summed E-state index contributed by atoms with van der Waals surface area (Å²) in [5.41, 5.74) is 1.10. The summed E-state index contributed by atoms with van der Waals surface area (Å²) in [7, 11) is 1.38. The zero-order valence-corrected chi connectivity index (χ0v) is 16.0. The van der Waals surface area contributed by atoms with Gasteiger partial charge in [0.15, 0.2) is 11.5 Å². The third-order valence-electron chi connectivity index (χ3n) is 3.95. The molecule has 27 heavy (non-hydrogen) atoms. The Morgan fingerprint density at radius 2 is 1.93 bits per heavy atom. The largest absolute Gasteiger partial charge is 0.504 e. The van der Waals surface area contributed by atoms with Gasteiger partial charge in [0.2, 0.25) is 0 Å². The van der Waals surface area contributed by atoms with Gasteiger partial charge < -0.3 is 9.84 Å². The number of aromatic hydroxyl groups is 1. The molecule has 8 heteroatoms. The molecule has 2 aromatic carbocycles. The maximum Gasteiger partial charge on any atom is 0.335 e. The molecule has 1 aliphatic rings. The van der Waals surface area contributed by atoms with Crippen LogP contribution in [0.2, 0.25) is 0 Å². The lowest BCUT2D eigenvalue weighted by atomic mass is 10.1. The van der Waals surface area contributed by atoms with E-state index in [2.05, 4.69) is 21.2 Å². The Labute approximate surface area is 163 Å². The number of aryl methyl sites for hydroxylation is 1. The van der Waals surface area contributed by atoms with Crippen molar-refractivity contribution in [3.05, 3.63) is 57.6 Å². The molecule has 3 rings (SSSR count). The number of urea groups is 1. The second-order valence-corrected chi connectivity index (χ2v) is 6.76. The van der Waals surface area contributed by atoms with Crippen molar-refractivity contribution in [3.8, 4) is 11.5 Å². The smallest absolute Gasteiger partial charge is 0.335 e. The molecule has 0 spiro atoms. The summed E-state index contributed by atoms with van der Waals surface area (Å²) in [4.78, 5) is 38.2. The molecule has 0 bridgehead atoms. The van der Waals surface area contributed by atoms with Crippen LogP contribution in [0.5, 0.6) is 11.5 Å². The zero-order chi connectivity index (χ0) is 19.7. The number of hydrogen-bond acceptors (Lipinski definition) is 5. The number of benzene rings is 2. The van der Waals surface area contributed by atoms with Crippen molar-refractivity contribution >= 4 is 45.5 Å². The van der Waals surface area contributed by atoms with Crippen LogP contribution in [0.4, 0.5) is 10.5 Å². The lowest BCUT2D eigenvalue weighted by Gasteiger charge is -2.26. The number of carbonyl (C=O) groups excluding carboxylic acids is 3. The van der Waals surface area contributed by atoms with Crippen LogP contribution in [0.3, 0.4) is 0 Å². The van der Waals surface area contributed by atoms with Crippen molar-refractivity contribution in [2.45, 2.75) is 6.92 Å². The van der Waals surface area contributed by atoms with E-state index in [1.807, 2.05) is 13.0 Å². The first kappa shape index (κ1) is 18.7. The van der Waals surface area contributed by atoms with Gasteiger partial charge in [-0.05, 0) is 42.8 Å². The Morgan fingerprint density at radius 1 is 1.19 bits per heavy atom. The van der Waals surface area contributed by atoms with E-state index in [0.717, 1.165) is 10.5 Å². The number of nitrogens with one attached hydrogen (secondary N) is 1. The van der Waals surface area contributed by atoms with Gasteiger partial charge in [-0.25, -0.2) is 9.69 Å². The van der Waals surface area contributed by atoms with E-state index in [9.17, 15) is 19.5 Å². The van der Waals surface area contributed by atoms with E-state index >= 15 is 0 Å². The topological polar surface area (TPSA) is 95.9 Å². The average molecular weight is 431 g/mol. The van der Waals surface area contributed by atoms with Gasteiger partial charge in [-0.2, -0.15) is 0 Å². The van der Waals surface area contributed by atoms with Gasteiger partial charge in [0.25, 0.3) is 11.8 Å². The Bertz CT molecular complexity index is 1000. The summed E-state index contributed by atoms with van der Waals surface area (Å²) >= 11 is 3.28. The Hall–Kier alpha value is -3.13. The second kappa shape index (κ2) is 7.24. The summed E-state index contributed by atoms with van der Waals surface area (Å²) in [5.74, 6) is -1.68. The fourth-order valence-corrected chi connectivity index (χ4v) is 3.13. The van der Waals surface area contributed by atoms with Gasteiger partial charge in [0, 0.05) is 10.0 Å². The van der Waals surface area contributed by atoms with Crippen LogP contribution in [0.1, 0.15) is 11.1 Å². The number of hydrogen-bond donors (Lipinski definition) is 2. The summed E-state index contributed by atoms with van der Waals surface area (Å²) in [6.07, 6.45) is 1.22. The molecule has 0 unspecified atom stereocenters. The number of carbonyl (C=O) groups is 3. The third-order valence-corrected chi connectivity index (χ3v) is 4.41. The minimum absolute atomic E-state index is 0.173. The highest BCUT2D eigenvalue weighted by molar-refractivity contribution is 9.10. The van der Waals surface area contributed by atoms with Gasteiger partial charge in [-0.3, -0.25) is 14.9 Å². The van der Waals surface area contributed by atoms with Gasteiger partial charge >= 0.3 is 6.03 Å². The van der Waals surface area contributed by atoms with Crippen molar-refractivity contribution in [2.75, 3.05) is 12.0 Å². The van der Waals surface area contributed by atoms with E-state index in [0.29, 0.717) is 10.2 Å². The number of imide groups is 2. The molecule has 2 N–H and O–H groups in total. The van der Waals surface area contributed by atoms with E-state index in [-0.39, 0.29) is 22.6 Å². The number of methoxy groups -OCH3 is 1. The zero-order valence-electron chi connectivity index (χ0n) is 14.4. The lowest BCUT2D eigenvalue weighted by Crippen LogP contribution is -2.54. The maximum atomic E-state index is 12.9. The third kappa shape index (κ3) is 3.56. The molecule has 4 amide bonds. The molecule has 1 fully saturated rings. The summed E-state index contributed by atoms with van der Waals surface area (Å²) < 4.78 is 5.65. The number of ether oxygens (including phenoxy) is 1. The second-order valence-electron chi connectivity index (χ2n) is 5.84. The lowest BCUT2D eigenvalue weighted by molar-refractivity contribution is -0.122. The van der Waals surface area contributed by atoms with Crippen molar-refractivity contribution in [3.63, 3.8) is 0 Å². The fraction of sp³-hybridized carbons (Fsp3) is 0.105. The normalized spacial score (nSPS) is 15.9. The molecule has 0 aromatic heterocycles. The molecular formula is C19H15BrN2O5. The number of barbiturate groups is 1. The fourth-order valence-electron chi connectivity index (χ4n) is 2.67. The molecule has 1 aliphatic heterocycles. The maximum absolute atomic E-state index is 12.9. The van der Waals surface area contributed by atoms with Crippen LogP contribution in [-0.2, 0) is 9.59 Å². The van der Waals surface area contributed by atoms with Crippen LogP contribution in [0, 0.1) is 6.92 Å². The van der Waals surface area contributed by atoms with Crippen LogP contribution >= 0.6 is 15.9 Å². The molecule has 138 valence electrons. The summed E-state index contributed by atoms with van der Waals surface area (Å²) in [6.45, 7) is 1.82. The molecule has 0 saturated carbocycles. The first-order valence-corrected chi connectivity index (χ1v) is 8.65. The molecule has 0 radical (unpaired) electrons. The number of nitrogens with zero attached hydrogens (tertiary/aromatic N) is 1. The monoisotopic (exact) mass is 430 g/mol. The predicted molar refractivity (Wildman–Crippen MR) is 103 cm³/mol. The van der Waals surface area contributed by atoms with Crippen molar-refractivity contribution in [2.24, 2.45) is 0 Å². The quantitative estimate of drug-likeness (QED) is 0.575. The molecular weight excluding hydrogens is 416 g/mol. The highest BCUT2D eigenvalue weighted by atomic mass is 79.9. The number of anilines is 1. The van der Waals surface area contributed by atoms with Gasteiger partial charge in [0.05, 0.1) is 12.8 Å². The number of rotatable bonds is 3. The van der Waals surface area contributed by atoms with Gasteiger partial charge in [-0.15, -0.1) is 0 Å².